The summed E-state index contributed by atoms with van der Waals surface area (Å²) in [5.74, 6) is 0.538. The lowest BCUT2D eigenvalue weighted by Crippen LogP contribution is -2.11. The van der Waals surface area contributed by atoms with E-state index in [0.717, 1.165) is 29.0 Å². The predicted molar refractivity (Wildman–Crippen MR) is 79.1 cm³/mol. The Bertz CT molecular complexity index is 598. The van der Waals surface area contributed by atoms with Gasteiger partial charge < -0.3 is 5.32 Å². The second-order valence-corrected chi connectivity index (χ2v) is 5.97. The number of aromatic amines is 1. The third-order valence-electron chi connectivity index (χ3n) is 3.25. The number of anilines is 1. The summed E-state index contributed by atoms with van der Waals surface area (Å²) in [7, 11) is 0. The highest BCUT2D eigenvalue weighted by Crippen LogP contribution is 2.24. The van der Waals surface area contributed by atoms with Gasteiger partial charge in [-0.1, -0.05) is 13.3 Å². The first-order valence-corrected chi connectivity index (χ1v) is 7.26. The fourth-order valence-electron chi connectivity index (χ4n) is 1.93. The van der Waals surface area contributed by atoms with Crippen molar-refractivity contribution >= 4 is 23.1 Å². The number of aromatic nitrogens is 2. The number of amides is 1. The molecule has 0 aliphatic carbocycles. The fourth-order valence-corrected chi connectivity index (χ4v) is 2.89. The van der Waals surface area contributed by atoms with Gasteiger partial charge in [0.15, 0.2) is 5.82 Å². The van der Waals surface area contributed by atoms with E-state index in [1.165, 1.54) is 10.4 Å². The Morgan fingerprint density at radius 2 is 2.16 bits per heavy atom. The number of thiophene rings is 1. The molecule has 0 bridgehead atoms. The van der Waals surface area contributed by atoms with E-state index >= 15 is 0 Å². The highest BCUT2D eigenvalue weighted by molar-refractivity contribution is 7.14. The summed E-state index contributed by atoms with van der Waals surface area (Å²) in [4.78, 5) is 14.2. The van der Waals surface area contributed by atoms with Crippen LogP contribution >= 0.6 is 11.3 Å². The van der Waals surface area contributed by atoms with Gasteiger partial charge in [0.25, 0.3) is 5.91 Å². The van der Waals surface area contributed by atoms with Gasteiger partial charge in [0.2, 0.25) is 0 Å². The standard InChI is InChI=1S/C14H19N3OS/c1-5-6-11-7-12(19-10(11)4)14(18)15-13-8(2)9(3)16-17-13/h7H,5-6H2,1-4H3,(H2,15,16,17,18). The van der Waals surface area contributed by atoms with Crippen LogP contribution in [0.1, 0.15) is 44.7 Å². The molecule has 5 heteroatoms. The number of nitrogens with zero attached hydrogens (tertiary/aromatic N) is 1. The molecule has 2 aromatic heterocycles. The number of hydrogen-bond donors (Lipinski definition) is 2. The van der Waals surface area contributed by atoms with Crippen LogP contribution in [0.3, 0.4) is 0 Å². The van der Waals surface area contributed by atoms with Crippen LogP contribution in [-0.4, -0.2) is 16.1 Å². The monoisotopic (exact) mass is 277 g/mol. The lowest BCUT2D eigenvalue weighted by molar-refractivity contribution is 0.103. The first kappa shape index (κ1) is 13.8. The summed E-state index contributed by atoms with van der Waals surface area (Å²) in [6.07, 6.45) is 2.12. The van der Waals surface area contributed by atoms with E-state index in [-0.39, 0.29) is 5.91 Å². The van der Waals surface area contributed by atoms with E-state index < -0.39 is 0 Å². The third-order valence-corrected chi connectivity index (χ3v) is 4.34. The Morgan fingerprint density at radius 1 is 1.42 bits per heavy atom. The van der Waals surface area contributed by atoms with Crippen molar-refractivity contribution in [2.75, 3.05) is 5.32 Å². The molecule has 0 saturated heterocycles. The largest absolute Gasteiger partial charge is 0.304 e. The molecule has 0 radical (unpaired) electrons. The number of hydrogen-bond acceptors (Lipinski definition) is 3. The molecule has 0 aromatic carbocycles. The number of H-pyrrole nitrogens is 1. The van der Waals surface area contributed by atoms with Crippen molar-refractivity contribution in [2.24, 2.45) is 0 Å². The van der Waals surface area contributed by atoms with Crippen molar-refractivity contribution in [2.45, 2.75) is 40.5 Å². The smallest absolute Gasteiger partial charge is 0.266 e. The van der Waals surface area contributed by atoms with Crippen molar-refractivity contribution in [3.05, 3.63) is 32.6 Å². The predicted octanol–water partition coefficient (Wildman–Crippen LogP) is 3.60. The average Bonchev–Trinajstić information content (AvgIpc) is 2.88. The Morgan fingerprint density at radius 3 is 2.74 bits per heavy atom. The average molecular weight is 277 g/mol. The van der Waals surface area contributed by atoms with E-state index in [0.29, 0.717) is 5.82 Å². The Balaban J connectivity index is 2.16. The third kappa shape index (κ3) is 2.87. The molecule has 2 rings (SSSR count). The van der Waals surface area contributed by atoms with E-state index in [1.807, 2.05) is 19.9 Å². The second-order valence-electron chi connectivity index (χ2n) is 4.72. The van der Waals surface area contributed by atoms with E-state index in [4.69, 9.17) is 0 Å². The van der Waals surface area contributed by atoms with Gasteiger partial charge in [-0.3, -0.25) is 9.89 Å². The number of nitrogens with one attached hydrogen (secondary N) is 2. The maximum atomic E-state index is 12.2. The number of rotatable bonds is 4. The minimum Gasteiger partial charge on any atom is -0.304 e. The van der Waals surface area contributed by atoms with Crippen molar-refractivity contribution in [3.8, 4) is 0 Å². The Hall–Kier alpha value is -1.62. The minimum absolute atomic E-state index is 0.0787. The van der Waals surface area contributed by atoms with Crippen LogP contribution in [0.5, 0.6) is 0 Å². The molecule has 102 valence electrons. The van der Waals surface area contributed by atoms with Crippen LogP contribution < -0.4 is 5.32 Å². The normalized spacial score (nSPS) is 10.7. The van der Waals surface area contributed by atoms with Crippen LogP contribution in [0.15, 0.2) is 6.07 Å². The van der Waals surface area contributed by atoms with Crippen LogP contribution in [0.25, 0.3) is 0 Å². The molecule has 2 N–H and O–H groups in total. The lowest BCUT2D eigenvalue weighted by atomic mass is 10.1. The topological polar surface area (TPSA) is 57.8 Å². The number of aryl methyl sites for hydroxylation is 3. The first-order valence-electron chi connectivity index (χ1n) is 6.45. The number of carbonyl (C=O) groups excluding carboxylic acids is 1. The minimum atomic E-state index is -0.0787. The molecular weight excluding hydrogens is 258 g/mol. The van der Waals surface area contributed by atoms with Crippen LogP contribution in [0.4, 0.5) is 5.82 Å². The molecule has 2 aromatic rings. The van der Waals surface area contributed by atoms with Crippen molar-refractivity contribution in [1.82, 2.24) is 10.2 Å². The number of carbonyl (C=O) groups is 1. The van der Waals surface area contributed by atoms with Gasteiger partial charge >= 0.3 is 0 Å². The summed E-state index contributed by atoms with van der Waals surface area (Å²) in [6.45, 7) is 8.09. The van der Waals surface area contributed by atoms with Gasteiger partial charge in [-0.2, -0.15) is 5.10 Å². The van der Waals surface area contributed by atoms with Crippen LogP contribution in [0, 0.1) is 20.8 Å². The lowest BCUT2D eigenvalue weighted by Gasteiger charge is -2.00. The maximum absolute atomic E-state index is 12.2. The highest BCUT2D eigenvalue weighted by atomic mass is 32.1. The quantitative estimate of drug-likeness (QED) is 0.897. The molecule has 0 saturated carbocycles. The molecule has 0 aliphatic rings. The van der Waals surface area contributed by atoms with Gasteiger partial charge in [-0.05, 0) is 38.8 Å². The first-order chi connectivity index (χ1) is 9.02. The van der Waals surface area contributed by atoms with Gasteiger partial charge in [-0.25, -0.2) is 0 Å². The molecule has 0 spiro atoms. The van der Waals surface area contributed by atoms with Gasteiger partial charge in [0.1, 0.15) is 0 Å². The molecule has 0 atom stereocenters. The summed E-state index contributed by atoms with van der Waals surface area (Å²) >= 11 is 1.54. The summed E-state index contributed by atoms with van der Waals surface area (Å²) in [6, 6.07) is 1.99. The molecule has 0 fully saturated rings. The van der Waals surface area contributed by atoms with Crippen molar-refractivity contribution < 1.29 is 4.79 Å². The van der Waals surface area contributed by atoms with Gasteiger partial charge in [0.05, 0.1) is 4.88 Å². The maximum Gasteiger partial charge on any atom is 0.266 e. The summed E-state index contributed by atoms with van der Waals surface area (Å²) in [5, 5.41) is 9.82. The molecule has 0 unspecified atom stereocenters. The van der Waals surface area contributed by atoms with Crippen LogP contribution in [-0.2, 0) is 6.42 Å². The second kappa shape index (κ2) is 5.57. The Labute approximate surface area is 117 Å². The zero-order valence-corrected chi connectivity index (χ0v) is 12.6. The van der Waals surface area contributed by atoms with Crippen molar-refractivity contribution in [3.63, 3.8) is 0 Å². The molecule has 2 heterocycles. The van der Waals surface area contributed by atoms with Gasteiger partial charge in [-0.15, -0.1) is 11.3 Å². The summed E-state index contributed by atoms with van der Waals surface area (Å²) < 4.78 is 0. The highest BCUT2D eigenvalue weighted by Gasteiger charge is 2.15. The molecule has 0 aliphatic heterocycles. The van der Waals surface area contributed by atoms with Crippen molar-refractivity contribution in [1.29, 1.82) is 0 Å². The molecule has 19 heavy (non-hydrogen) atoms. The zero-order chi connectivity index (χ0) is 14.0. The zero-order valence-electron chi connectivity index (χ0n) is 11.8. The Kier molecular flexibility index (Phi) is 4.04. The fraction of sp³-hybridized carbons (Fsp3) is 0.429. The summed E-state index contributed by atoms with van der Waals surface area (Å²) in [5.41, 5.74) is 3.23. The van der Waals surface area contributed by atoms with Crippen LogP contribution in [0.2, 0.25) is 0 Å². The molecule has 1 amide bonds. The SMILES string of the molecule is CCCc1cc(C(=O)Nc2n[nH]c(C)c2C)sc1C. The van der Waals surface area contributed by atoms with E-state index in [1.54, 1.807) is 11.3 Å². The van der Waals surface area contributed by atoms with E-state index in [9.17, 15) is 4.79 Å². The van der Waals surface area contributed by atoms with Gasteiger partial charge in [0, 0.05) is 16.1 Å². The molecule has 4 nitrogen and oxygen atoms in total. The molecular formula is C14H19N3OS. The van der Waals surface area contributed by atoms with E-state index in [2.05, 4.69) is 29.4 Å².